The number of carboxylic acid groups (broad SMARTS) is 1. The molecule has 0 saturated heterocycles. The zero-order valence-corrected chi connectivity index (χ0v) is 8.86. The van der Waals surface area contributed by atoms with Gasteiger partial charge in [0.1, 0.15) is 0 Å². The largest absolute Gasteiger partial charge is 0.481 e. The van der Waals surface area contributed by atoms with Gasteiger partial charge in [-0.05, 0) is 24.5 Å². The Bertz CT molecular complexity index is 552. The van der Waals surface area contributed by atoms with Gasteiger partial charge < -0.3 is 10.1 Å². The number of para-hydroxylation sites is 1. The van der Waals surface area contributed by atoms with E-state index in [1.807, 2.05) is 30.5 Å². The Labute approximate surface area is 93.1 Å². The minimum atomic E-state index is -0.691. The molecule has 3 nitrogen and oxygen atoms in total. The van der Waals surface area contributed by atoms with E-state index >= 15 is 0 Å². The fourth-order valence-electron chi connectivity index (χ4n) is 2.60. The second kappa shape index (κ2) is 3.11. The average Bonchev–Trinajstić information content (AvgIpc) is 2.61. The first-order valence-electron chi connectivity index (χ1n) is 5.54. The highest BCUT2D eigenvalue weighted by Crippen LogP contribution is 2.46. The van der Waals surface area contributed by atoms with Crippen molar-refractivity contribution < 1.29 is 9.90 Å². The maximum absolute atomic E-state index is 11.4. The molecule has 82 valence electrons. The molecule has 1 aromatic heterocycles. The summed E-state index contributed by atoms with van der Waals surface area (Å²) in [5, 5.41) is 10.4. The summed E-state index contributed by atoms with van der Waals surface area (Å²) >= 11 is 0. The Kier molecular flexibility index (Phi) is 1.84. The molecule has 3 heteroatoms. The zero-order valence-electron chi connectivity index (χ0n) is 8.86. The number of carboxylic acids is 1. The third-order valence-electron chi connectivity index (χ3n) is 3.72. The first-order chi connectivity index (χ1) is 7.74. The second-order valence-corrected chi connectivity index (χ2v) is 4.49. The Morgan fingerprint density at radius 2 is 2.06 bits per heavy atom. The maximum atomic E-state index is 11.4. The lowest BCUT2D eigenvalue weighted by Gasteiger charge is -2.37. The van der Waals surface area contributed by atoms with Gasteiger partial charge in [0.05, 0.1) is 5.41 Å². The van der Waals surface area contributed by atoms with Crippen molar-refractivity contribution in [3.05, 3.63) is 36.0 Å². The Balaban J connectivity index is 2.22. The molecule has 0 amide bonds. The number of aromatic nitrogens is 1. The minimum absolute atomic E-state index is 0.639. The molecule has 0 radical (unpaired) electrons. The summed E-state index contributed by atoms with van der Waals surface area (Å²) in [4.78, 5) is 14.6. The number of carbonyl (C=O) groups is 1. The van der Waals surface area contributed by atoms with Gasteiger partial charge in [0.25, 0.3) is 0 Å². The summed E-state index contributed by atoms with van der Waals surface area (Å²) < 4.78 is 0. The maximum Gasteiger partial charge on any atom is 0.314 e. The topological polar surface area (TPSA) is 53.1 Å². The lowest BCUT2D eigenvalue weighted by molar-refractivity contribution is -0.147. The number of fused-ring (bicyclic) bond motifs is 1. The first kappa shape index (κ1) is 9.46. The molecule has 1 fully saturated rings. The number of aromatic amines is 1. The number of nitrogens with one attached hydrogen (secondary N) is 1. The van der Waals surface area contributed by atoms with Gasteiger partial charge in [0, 0.05) is 17.1 Å². The van der Waals surface area contributed by atoms with Crippen LogP contribution >= 0.6 is 0 Å². The van der Waals surface area contributed by atoms with E-state index < -0.39 is 11.4 Å². The summed E-state index contributed by atoms with van der Waals surface area (Å²) in [5.74, 6) is -0.691. The summed E-state index contributed by atoms with van der Waals surface area (Å²) in [6.45, 7) is 0. The van der Waals surface area contributed by atoms with Gasteiger partial charge in [-0.2, -0.15) is 0 Å². The number of aliphatic carboxylic acids is 1. The standard InChI is InChI=1S/C13H13NO2/c15-12(16)13(6-3-7-13)10-8-14-11-5-2-1-4-9(10)11/h1-2,4-5,8,14H,3,6-7H2,(H,15,16). The van der Waals surface area contributed by atoms with Crippen LogP contribution in [0, 0.1) is 0 Å². The fraction of sp³-hybridized carbons (Fsp3) is 0.308. The lowest BCUT2D eigenvalue weighted by Crippen LogP contribution is -2.42. The summed E-state index contributed by atoms with van der Waals surface area (Å²) in [5.41, 5.74) is 1.33. The van der Waals surface area contributed by atoms with Crippen LogP contribution in [0.15, 0.2) is 30.5 Å². The molecular formula is C13H13NO2. The third-order valence-corrected chi connectivity index (χ3v) is 3.72. The molecule has 2 aromatic rings. The summed E-state index contributed by atoms with van der Waals surface area (Å²) in [6.07, 6.45) is 4.37. The van der Waals surface area contributed by atoms with Gasteiger partial charge in [-0.3, -0.25) is 4.79 Å². The molecule has 0 bridgehead atoms. The predicted octanol–water partition coefficient (Wildman–Crippen LogP) is 2.67. The van der Waals surface area contributed by atoms with Gasteiger partial charge in [-0.25, -0.2) is 0 Å². The van der Waals surface area contributed by atoms with Gasteiger partial charge >= 0.3 is 5.97 Å². The number of hydrogen-bond donors (Lipinski definition) is 2. The molecule has 1 heterocycles. The van der Waals surface area contributed by atoms with Crippen LogP contribution in [-0.2, 0) is 10.2 Å². The van der Waals surface area contributed by atoms with Crippen molar-refractivity contribution in [3.8, 4) is 0 Å². The molecule has 1 aliphatic rings. The molecule has 3 rings (SSSR count). The van der Waals surface area contributed by atoms with Gasteiger partial charge in [-0.15, -0.1) is 0 Å². The predicted molar refractivity (Wildman–Crippen MR) is 61.5 cm³/mol. The van der Waals surface area contributed by atoms with Crippen LogP contribution in [0.25, 0.3) is 10.9 Å². The third kappa shape index (κ3) is 1.06. The van der Waals surface area contributed by atoms with Crippen molar-refractivity contribution in [1.29, 1.82) is 0 Å². The van der Waals surface area contributed by atoms with Crippen LogP contribution in [0.2, 0.25) is 0 Å². The van der Waals surface area contributed by atoms with E-state index in [4.69, 9.17) is 0 Å². The molecule has 0 spiro atoms. The number of H-pyrrole nitrogens is 1. The summed E-state index contributed by atoms with van der Waals surface area (Å²) in [6, 6.07) is 7.88. The first-order valence-corrected chi connectivity index (χ1v) is 5.54. The number of rotatable bonds is 2. The normalized spacial score (nSPS) is 18.2. The van der Waals surface area contributed by atoms with E-state index in [-0.39, 0.29) is 0 Å². The smallest absolute Gasteiger partial charge is 0.314 e. The zero-order chi connectivity index (χ0) is 11.2. The summed E-state index contributed by atoms with van der Waals surface area (Å²) in [7, 11) is 0. The van der Waals surface area contributed by atoms with Crippen LogP contribution < -0.4 is 0 Å². The molecule has 1 aromatic carbocycles. The quantitative estimate of drug-likeness (QED) is 0.809. The Morgan fingerprint density at radius 1 is 1.31 bits per heavy atom. The van der Waals surface area contributed by atoms with Gasteiger partial charge in [-0.1, -0.05) is 24.6 Å². The van der Waals surface area contributed by atoms with Crippen molar-refractivity contribution in [1.82, 2.24) is 4.98 Å². The Hall–Kier alpha value is -1.77. The molecule has 1 saturated carbocycles. The number of benzene rings is 1. The molecule has 0 aliphatic heterocycles. The van der Waals surface area contributed by atoms with Crippen LogP contribution in [0.5, 0.6) is 0 Å². The van der Waals surface area contributed by atoms with Crippen molar-refractivity contribution in [2.75, 3.05) is 0 Å². The van der Waals surface area contributed by atoms with E-state index in [1.54, 1.807) is 0 Å². The van der Waals surface area contributed by atoms with E-state index in [0.29, 0.717) is 0 Å². The molecule has 16 heavy (non-hydrogen) atoms. The van der Waals surface area contributed by atoms with Crippen molar-refractivity contribution in [2.45, 2.75) is 24.7 Å². The van der Waals surface area contributed by atoms with Gasteiger partial charge in [0.2, 0.25) is 0 Å². The van der Waals surface area contributed by atoms with Crippen molar-refractivity contribution >= 4 is 16.9 Å². The highest BCUT2D eigenvalue weighted by Gasteiger charge is 2.47. The average molecular weight is 215 g/mol. The van der Waals surface area contributed by atoms with E-state index in [9.17, 15) is 9.90 Å². The molecule has 2 N–H and O–H groups in total. The van der Waals surface area contributed by atoms with Crippen LogP contribution in [0.4, 0.5) is 0 Å². The minimum Gasteiger partial charge on any atom is -0.481 e. The van der Waals surface area contributed by atoms with Crippen LogP contribution in [-0.4, -0.2) is 16.1 Å². The van der Waals surface area contributed by atoms with Gasteiger partial charge in [0.15, 0.2) is 0 Å². The second-order valence-electron chi connectivity index (χ2n) is 4.49. The fourth-order valence-corrected chi connectivity index (χ4v) is 2.60. The molecule has 0 unspecified atom stereocenters. The van der Waals surface area contributed by atoms with Crippen LogP contribution in [0.1, 0.15) is 24.8 Å². The van der Waals surface area contributed by atoms with E-state index in [2.05, 4.69) is 4.98 Å². The van der Waals surface area contributed by atoms with Crippen LogP contribution in [0.3, 0.4) is 0 Å². The number of hydrogen-bond acceptors (Lipinski definition) is 1. The van der Waals surface area contributed by atoms with Crippen molar-refractivity contribution in [2.24, 2.45) is 0 Å². The van der Waals surface area contributed by atoms with E-state index in [0.717, 1.165) is 35.7 Å². The SMILES string of the molecule is O=C(O)C1(c2c[nH]c3ccccc23)CCC1. The monoisotopic (exact) mass is 215 g/mol. The van der Waals surface area contributed by atoms with Crippen molar-refractivity contribution in [3.63, 3.8) is 0 Å². The molecule has 1 aliphatic carbocycles. The highest BCUT2D eigenvalue weighted by molar-refractivity contribution is 5.92. The Morgan fingerprint density at radius 3 is 2.69 bits per heavy atom. The molecular weight excluding hydrogens is 202 g/mol. The lowest BCUT2D eigenvalue weighted by atomic mass is 9.64. The van der Waals surface area contributed by atoms with E-state index in [1.165, 1.54) is 0 Å². The highest BCUT2D eigenvalue weighted by atomic mass is 16.4. The molecule has 0 atom stereocenters.